The maximum absolute atomic E-state index is 13.0. The first kappa shape index (κ1) is 30.1. The predicted molar refractivity (Wildman–Crippen MR) is 163 cm³/mol. The maximum Gasteiger partial charge on any atom is 0.410 e. The first-order valence-corrected chi connectivity index (χ1v) is 15.4. The number of likely N-dealkylation sites (N-methyl/N-ethyl adjacent to an activating group) is 1. The van der Waals surface area contributed by atoms with E-state index in [0.29, 0.717) is 38.3 Å². The Labute approximate surface area is 250 Å². The highest BCUT2D eigenvalue weighted by Crippen LogP contribution is 2.54. The summed E-state index contributed by atoms with van der Waals surface area (Å²) in [6.45, 7) is 17.1. The molecule has 2 aliphatic heterocycles. The number of carbonyl (C=O) groups is 1. The van der Waals surface area contributed by atoms with Gasteiger partial charge in [-0.25, -0.2) is 4.79 Å². The second kappa shape index (κ2) is 12.1. The van der Waals surface area contributed by atoms with Crippen LogP contribution in [0.1, 0.15) is 70.6 Å². The Hall–Kier alpha value is -3.38. The largest absolute Gasteiger partial charge is 0.462 e. The molecule has 3 atom stereocenters. The van der Waals surface area contributed by atoms with E-state index in [2.05, 4.69) is 42.2 Å². The molecule has 1 spiro atoms. The maximum atomic E-state index is 13.0. The van der Waals surface area contributed by atoms with Gasteiger partial charge in [-0.1, -0.05) is 30.9 Å². The Bertz CT molecular complexity index is 1290. The lowest BCUT2D eigenvalue weighted by atomic mass is 9.69. The summed E-state index contributed by atoms with van der Waals surface area (Å²) in [5.41, 5.74) is 4.10. The van der Waals surface area contributed by atoms with Gasteiger partial charge in [0.15, 0.2) is 0 Å². The van der Waals surface area contributed by atoms with Crippen molar-refractivity contribution < 1.29 is 14.3 Å². The number of ether oxygens (including phenoxy) is 2. The van der Waals surface area contributed by atoms with Crippen LogP contribution in [0.25, 0.3) is 0 Å². The molecule has 4 aliphatic rings. The molecule has 0 N–H and O–H groups in total. The van der Waals surface area contributed by atoms with E-state index in [0.717, 1.165) is 62.1 Å². The van der Waals surface area contributed by atoms with E-state index >= 15 is 0 Å². The molecule has 1 saturated carbocycles. The summed E-state index contributed by atoms with van der Waals surface area (Å²) in [5, 5.41) is 9.63. The normalized spacial score (nSPS) is 27.3. The average molecular weight is 575 g/mol. The number of fused-ring (bicyclic) bond motifs is 1. The first-order valence-electron chi connectivity index (χ1n) is 15.4. The van der Waals surface area contributed by atoms with Crippen LogP contribution < -0.4 is 9.64 Å². The lowest BCUT2D eigenvalue weighted by molar-refractivity contribution is 0.0144. The first-order chi connectivity index (χ1) is 20.0. The molecule has 3 fully saturated rings. The van der Waals surface area contributed by atoms with Crippen LogP contribution in [-0.2, 0) is 17.6 Å². The van der Waals surface area contributed by atoms with Crippen LogP contribution in [0, 0.1) is 16.7 Å². The van der Waals surface area contributed by atoms with Crippen LogP contribution in [0.3, 0.4) is 0 Å². The van der Waals surface area contributed by atoms with Crippen LogP contribution in [0.5, 0.6) is 6.01 Å². The van der Waals surface area contributed by atoms with Crippen LogP contribution in [0.15, 0.2) is 36.5 Å². The summed E-state index contributed by atoms with van der Waals surface area (Å²) in [6.07, 6.45) is 10.9. The number of nitriles is 1. The second-order valence-corrected chi connectivity index (χ2v) is 13.4. The number of anilines is 1. The number of likely N-dealkylation sites (tertiary alicyclic amines) is 1. The molecule has 9 nitrogen and oxygen atoms in total. The third kappa shape index (κ3) is 6.19. The van der Waals surface area contributed by atoms with Crippen molar-refractivity contribution in [2.75, 3.05) is 44.7 Å². The number of carbonyl (C=O) groups excluding carboxylic acids is 1. The standard InChI is InChI=1S/C33H46N6O3/c1-7-9-27-23(2)11-14-33(27)15-12-26-28(20-33)35-30(41-22-25-10-8-17-37(25)6)36-29(26)38-18-19-39(24(21-38)13-16-34)31(40)42-32(3,4)5/h7,9,24-25H,1-2,8,10-15,17-22H2,3-6H3/b27-9+. The third-order valence-electron chi connectivity index (χ3n) is 9.37. The highest BCUT2D eigenvalue weighted by Gasteiger charge is 2.45. The van der Waals surface area contributed by atoms with E-state index in [4.69, 9.17) is 19.4 Å². The summed E-state index contributed by atoms with van der Waals surface area (Å²) in [7, 11) is 2.14. The Morgan fingerprint density at radius 3 is 2.67 bits per heavy atom. The van der Waals surface area contributed by atoms with Gasteiger partial charge < -0.3 is 24.2 Å². The van der Waals surface area contributed by atoms with Crippen LogP contribution in [-0.4, -0.2) is 83.4 Å². The Morgan fingerprint density at radius 1 is 1.19 bits per heavy atom. The topological polar surface area (TPSA) is 94.8 Å². The van der Waals surface area contributed by atoms with Gasteiger partial charge in [0, 0.05) is 36.7 Å². The molecule has 9 heteroatoms. The molecule has 0 aromatic carbocycles. The molecule has 2 saturated heterocycles. The Kier molecular flexibility index (Phi) is 8.66. The minimum atomic E-state index is -0.600. The van der Waals surface area contributed by atoms with Crippen molar-refractivity contribution in [3.05, 3.63) is 47.7 Å². The van der Waals surface area contributed by atoms with Crippen molar-refractivity contribution in [1.29, 1.82) is 5.26 Å². The van der Waals surface area contributed by atoms with Gasteiger partial charge in [-0.2, -0.15) is 15.2 Å². The third-order valence-corrected chi connectivity index (χ3v) is 9.37. The summed E-state index contributed by atoms with van der Waals surface area (Å²) in [4.78, 5) is 29.3. The molecule has 5 rings (SSSR count). The smallest absolute Gasteiger partial charge is 0.410 e. The lowest BCUT2D eigenvalue weighted by Gasteiger charge is -2.43. The zero-order valence-corrected chi connectivity index (χ0v) is 25.8. The zero-order chi connectivity index (χ0) is 30.1. The fraction of sp³-hybridized carbons (Fsp3) is 0.636. The van der Waals surface area contributed by atoms with E-state index in [1.165, 1.54) is 17.6 Å². The van der Waals surface area contributed by atoms with Gasteiger partial charge in [-0.3, -0.25) is 0 Å². The Balaban J connectivity index is 1.46. The van der Waals surface area contributed by atoms with E-state index in [1.807, 2.05) is 26.8 Å². The van der Waals surface area contributed by atoms with Crippen molar-refractivity contribution in [3.8, 4) is 12.1 Å². The highest BCUT2D eigenvalue weighted by molar-refractivity contribution is 5.69. The van der Waals surface area contributed by atoms with E-state index < -0.39 is 5.60 Å². The van der Waals surface area contributed by atoms with Gasteiger partial charge in [0.1, 0.15) is 18.0 Å². The lowest BCUT2D eigenvalue weighted by Crippen LogP contribution is -2.56. The monoisotopic (exact) mass is 574 g/mol. The van der Waals surface area contributed by atoms with E-state index in [9.17, 15) is 10.1 Å². The molecule has 1 aromatic rings. The Morgan fingerprint density at radius 2 is 1.98 bits per heavy atom. The number of piperazine rings is 1. The summed E-state index contributed by atoms with van der Waals surface area (Å²) >= 11 is 0. The molecule has 1 aromatic heterocycles. The number of rotatable bonds is 6. The van der Waals surface area contributed by atoms with E-state index in [-0.39, 0.29) is 24.0 Å². The van der Waals surface area contributed by atoms with Gasteiger partial charge in [-0.05, 0) is 84.9 Å². The molecule has 0 bridgehead atoms. The zero-order valence-electron chi connectivity index (χ0n) is 25.8. The van der Waals surface area contributed by atoms with Gasteiger partial charge in [0.05, 0.1) is 24.2 Å². The summed E-state index contributed by atoms with van der Waals surface area (Å²) in [5.74, 6) is 0.877. The molecule has 1 amide bonds. The number of amides is 1. The second-order valence-electron chi connectivity index (χ2n) is 13.4. The number of hydrogen-bond acceptors (Lipinski definition) is 8. The highest BCUT2D eigenvalue weighted by atomic mass is 16.6. The predicted octanol–water partition coefficient (Wildman–Crippen LogP) is 5.23. The van der Waals surface area contributed by atoms with Crippen molar-refractivity contribution in [1.82, 2.24) is 19.8 Å². The molecule has 3 unspecified atom stereocenters. The van der Waals surface area contributed by atoms with E-state index in [1.54, 1.807) is 4.90 Å². The van der Waals surface area contributed by atoms with Crippen LogP contribution in [0.2, 0.25) is 0 Å². The summed E-state index contributed by atoms with van der Waals surface area (Å²) in [6, 6.07) is 2.76. The molecule has 226 valence electrons. The SMILES string of the molecule is C=C/C=C1\C(=C)CCC12CCc1c(nc(OCC3CCCN3C)nc1N1CCN(C(=O)OC(C)(C)C)C(CC#N)C1)C2. The average Bonchev–Trinajstić information content (AvgIpc) is 3.48. The number of nitrogens with zero attached hydrogens (tertiary/aromatic N) is 6. The quantitative estimate of drug-likeness (QED) is 0.456. The molecular weight excluding hydrogens is 528 g/mol. The molecule has 2 aliphatic carbocycles. The van der Waals surface area contributed by atoms with Crippen molar-refractivity contribution >= 4 is 11.9 Å². The molecule has 42 heavy (non-hydrogen) atoms. The van der Waals surface area contributed by atoms with Gasteiger partial charge in [0.2, 0.25) is 0 Å². The van der Waals surface area contributed by atoms with Gasteiger partial charge in [-0.15, -0.1) is 0 Å². The molecule has 3 heterocycles. The number of allylic oxidation sites excluding steroid dienone is 4. The van der Waals surface area contributed by atoms with Gasteiger partial charge in [0.25, 0.3) is 0 Å². The van der Waals surface area contributed by atoms with Crippen molar-refractivity contribution in [2.24, 2.45) is 5.41 Å². The fourth-order valence-electron chi connectivity index (χ4n) is 7.14. The fourth-order valence-corrected chi connectivity index (χ4v) is 7.14. The molecular formula is C33H46N6O3. The van der Waals surface area contributed by atoms with Gasteiger partial charge >= 0.3 is 12.1 Å². The van der Waals surface area contributed by atoms with Crippen LogP contribution >= 0.6 is 0 Å². The minimum absolute atomic E-state index is 0.00555. The number of hydrogen-bond donors (Lipinski definition) is 0. The van der Waals surface area contributed by atoms with Crippen LogP contribution in [0.4, 0.5) is 10.6 Å². The minimum Gasteiger partial charge on any atom is -0.462 e. The molecule has 0 radical (unpaired) electrons. The summed E-state index contributed by atoms with van der Waals surface area (Å²) < 4.78 is 12.0. The van der Waals surface area contributed by atoms with Crippen molar-refractivity contribution in [3.63, 3.8) is 0 Å². The number of aromatic nitrogens is 2. The van der Waals surface area contributed by atoms with Crippen molar-refractivity contribution in [2.45, 2.75) is 89.8 Å².